The standard InChI is InChI=1S/C20H16F2N6O2/c21-12-5-13(22)7-15(6-12)24-16-8-17(25-14-1-2-14)28-19(26-16)11(9-23-28)3-10-4-18(29)27-20(10)30/h3-9,14,24,27,29-30H,1-2H2. The van der Waals surface area contributed by atoms with Crippen LogP contribution < -0.4 is 16.0 Å². The van der Waals surface area contributed by atoms with Crippen LogP contribution in [-0.2, 0) is 0 Å². The summed E-state index contributed by atoms with van der Waals surface area (Å²) in [6, 6.07) is 6.35. The molecule has 0 spiro atoms. The van der Waals surface area contributed by atoms with Gasteiger partial charge in [0.2, 0.25) is 0 Å². The molecule has 4 aromatic rings. The highest BCUT2D eigenvalue weighted by Crippen LogP contribution is 2.23. The van der Waals surface area contributed by atoms with Crippen molar-refractivity contribution in [2.75, 3.05) is 5.32 Å². The lowest BCUT2D eigenvalue weighted by atomic mass is 10.2. The Morgan fingerprint density at radius 1 is 1.13 bits per heavy atom. The monoisotopic (exact) mass is 410 g/mol. The highest BCUT2D eigenvalue weighted by molar-refractivity contribution is 5.63. The maximum Gasteiger partial charge on any atom is 0.198 e. The van der Waals surface area contributed by atoms with E-state index in [0.717, 1.165) is 31.0 Å². The van der Waals surface area contributed by atoms with Gasteiger partial charge in [-0.15, -0.1) is 0 Å². The SMILES string of the molecule is Oc1cc(C=c2cnn3c(=NC4CC4)cc(Nc4cc(F)cc(F)c4)nc23)c(O)[nH]1. The fourth-order valence-corrected chi connectivity index (χ4v) is 3.11. The van der Waals surface area contributed by atoms with E-state index in [4.69, 9.17) is 0 Å². The molecule has 30 heavy (non-hydrogen) atoms. The first-order valence-electron chi connectivity index (χ1n) is 9.23. The molecule has 1 saturated carbocycles. The Hall–Kier alpha value is -3.95. The summed E-state index contributed by atoms with van der Waals surface area (Å²) >= 11 is 0. The van der Waals surface area contributed by atoms with E-state index in [9.17, 15) is 19.0 Å². The van der Waals surface area contributed by atoms with Crippen molar-refractivity contribution in [3.8, 4) is 11.8 Å². The molecular formula is C20H16F2N6O2. The fourth-order valence-electron chi connectivity index (χ4n) is 3.11. The van der Waals surface area contributed by atoms with Crippen LogP contribution >= 0.6 is 0 Å². The predicted molar refractivity (Wildman–Crippen MR) is 104 cm³/mol. The molecule has 0 unspecified atom stereocenters. The number of rotatable bonds is 4. The molecule has 1 aliphatic rings. The van der Waals surface area contributed by atoms with Crippen molar-refractivity contribution in [3.63, 3.8) is 0 Å². The molecule has 152 valence electrons. The highest BCUT2D eigenvalue weighted by atomic mass is 19.1. The summed E-state index contributed by atoms with van der Waals surface area (Å²) in [5.74, 6) is -1.45. The average Bonchev–Trinajstić information content (AvgIpc) is 3.30. The predicted octanol–water partition coefficient (Wildman–Crippen LogP) is 2.10. The maximum atomic E-state index is 13.6. The van der Waals surface area contributed by atoms with Gasteiger partial charge in [-0.25, -0.2) is 13.8 Å². The van der Waals surface area contributed by atoms with Crippen LogP contribution in [0.5, 0.6) is 11.8 Å². The second-order valence-electron chi connectivity index (χ2n) is 7.08. The number of fused-ring (bicyclic) bond motifs is 1. The van der Waals surface area contributed by atoms with Gasteiger partial charge in [-0.2, -0.15) is 9.61 Å². The molecule has 0 bridgehead atoms. The van der Waals surface area contributed by atoms with E-state index in [1.165, 1.54) is 6.07 Å². The number of H-pyrrole nitrogens is 1. The quantitative estimate of drug-likeness (QED) is 0.412. The Balaban J connectivity index is 1.67. The number of hydrogen-bond acceptors (Lipinski definition) is 6. The average molecular weight is 410 g/mol. The van der Waals surface area contributed by atoms with Gasteiger partial charge in [-0.05, 0) is 31.1 Å². The van der Waals surface area contributed by atoms with Crippen molar-refractivity contribution in [1.29, 1.82) is 0 Å². The number of aromatic hydroxyl groups is 2. The molecule has 1 fully saturated rings. The van der Waals surface area contributed by atoms with Crippen LogP contribution in [0.15, 0.2) is 41.5 Å². The van der Waals surface area contributed by atoms with Gasteiger partial charge in [-0.1, -0.05) is 0 Å². The minimum absolute atomic E-state index is 0.178. The largest absolute Gasteiger partial charge is 0.494 e. The molecule has 8 nitrogen and oxygen atoms in total. The van der Waals surface area contributed by atoms with Crippen molar-refractivity contribution in [2.24, 2.45) is 4.99 Å². The third-order valence-electron chi connectivity index (χ3n) is 4.60. The van der Waals surface area contributed by atoms with Gasteiger partial charge in [0.05, 0.1) is 12.2 Å². The first-order valence-corrected chi connectivity index (χ1v) is 9.23. The van der Waals surface area contributed by atoms with Crippen LogP contribution in [-0.4, -0.2) is 35.8 Å². The summed E-state index contributed by atoms with van der Waals surface area (Å²) < 4.78 is 28.7. The molecule has 0 radical (unpaired) electrons. The minimum atomic E-state index is -0.706. The van der Waals surface area contributed by atoms with E-state index in [2.05, 4.69) is 25.4 Å². The number of aromatic nitrogens is 4. The maximum absolute atomic E-state index is 13.6. The van der Waals surface area contributed by atoms with Crippen molar-refractivity contribution in [3.05, 3.63) is 64.4 Å². The van der Waals surface area contributed by atoms with E-state index in [-0.39, 0.29) is 23.5 Å². The number of aromatic amines is 1. The molecule has 4 N–H and O–H groups in total. The molecule has 10 heteroatoms. The number of benzene rings is 1. The second-order valence-corrected chi connectivity index (χ2v) is 7.08. The summed E-state index contributed by atoms with van der Waals surface area (Å²) in [5.41, 5.74) is 1.54. The molecule has 1 aliphatic carbocycles. The number of halogens is 2. The first kappa shape index (κ1) is 18.1. The fraction of sp³-hybridized carbons (Fsp3) is 0.150. The Kier molecular flexibility index (Phi) is 4.12. The van der Waals surface area contributed by atoms with Gasteiger partial charge in [0.15, 0.2) is 22.9 Å². The smallest absolute Gasteiger partial charge is 0.198 e. The van der Waals surface area contributed by atoms with Crippen LogP contribution in [0.2, 0.25) is 0 Å². The highest BCUT2D eigenvalue weighted by Gasteiger charge is 2.20. The minimum Gasteiger partial charge on any atom is -0.494 e. The topological polar surface area (TPSA) is 111 Å². The summed E-state index contributed by atoms with van der Waals surface area (Å²) in [6.07, 6.45) is 5.13. The van der Waals surface area contributed by atoms with E-state index in [1.54, 1.807) is 22.9 Å². The Morgan fingerprint density at radius 3 is 2.57 bits per heavy atom. The Morgan fingerprint density at radius 2 is 1.90 bits per heavy atom. The lowest BCUT2D eigenvalue weighted by Crippen LogP contribution is -2.19. The van der Waals surface area contributed by atoms with Gasteiger partial charge in [0.1, 0.15) is 17.5 Å². The van der Waals surface area contributed by atoms with Crippen molar-refractivity contribution in [1.82, 2.24) is 19.6 Å². The second kappa shape index (κ2) is 6.83. The third kappa shape index (κ3) is 3.54. The summed E-state index contributed by atoms with van der Waals surface area (Å²) in [5, 5.41) is 27.2. The van der Waals surface area contributed by atoms with Crippen LogP contribution in [0.25, 0.3) is 11.7 Å². The van der Waals surface area contributed by atoms with Crippen molar-refractivity contribution >= 4 is 23.2 Å². The van der Waals surface area contributed by atoms with Gasteiger partial charge in [0, 0.05) is 34.7 Å². The van der Waals surface area contributed by atoms with Crippen molar-refractivity contribution < 1.29 is 19.0 Å². The zero-order valence-corrected chi connectivity index (χ0v) is 15.5. The lowest BCUT2D eigenvalue weighted by molar-refractivity contribution is 0.425. The van der Waals surface area contributed by atoms with Crippen LogP contribution in [0.4, 0.5) is 20.3 Å². The molecule has 0 amide bonds. The van der Waals surface area contributed by atoms with E-state index >= 15 is 0 Å². The number of nitrogens with one attached hydrogen (secondary N) is 2. The molecule has 0 atom stereocenters. The van der Waals surface area contributed by atoms with E-state index in [1.807, 2.05) is 0 Å². The summed E-state index contributed by atoms with van der Waals surface area (Å²) in [6.45, 7) is 0. The molecule has 0 saturated heterocycles. The summed E-state index contributed by atoms with van der Waals surface area (Å²) in [4.78, 5) is 11.5. The third-order valence-corrected chi connectivity index (χ3v) is 4.60. The summed E-state index contributed by atoms with van der Waals surface area (Å²) in [7, 11) is 0. The Bertz CT molecular complexity index is 1370. The van der Waals surface area contributed by atoms with Crippen LogP contribution in [0, 0.1) is 11.6 Å². The van der Waals surface area contributed by atoms with Crippen LogP contribution in [0.1, 0.15) is 18.4 Å². The van der Waals surface area contributed by atoms with E-state index < -0.39 is 11.6 Å². The zero-order valence-electron chi connectivity index (χ0n) is 15.5. The molecule has 3 aromatic heterocycles. The van der Waals surface area contributed by atoms with Gasteiger partial charge >= 0.3 is 0 Å². The van der Waals surface area contributed by atoms with E-state index in [0.29, 0.717) is 27.7 Å². The number of nitrogens with zero attached hydrogens (tertiary/aromatic N) is 4. The molecule has 5 rings (SSSR count). The molecular weight excluding hydrogens is 394 g/mol. The zero-order chi connectivity index (χ0) is 20.8. The van der Waals surface area contributed by atoms with Crippen molar-refractivity contribution in [2.45, 2.75) is 18.9 Å². The lowest BCUT2D eigenvalue weighted by Gasteiger charge is -2.07. The Labute approximate surface area is 167 Å². The first-order chi connectivity index (χ1) is 14.4. The van der Waals surface area contributed by atoms with Gasteiger partial charge in [0.25, 0.3) is 0 Å². The normalized spacial score (nSPS) is 15.3. The van der Waals surface area contributed by atoms with Gasteiger partial charge in [-0.3, -0.25) is 9.98 Å². The molecule has 1 aromatic carbocycles. The van der Waals surface area contributed by atoms with Crippen LogP contribution in [0.3, 0.4) is 0 Å². The molecule has 0 aliphatic heterocycles. The number of hydrogen-bond donors (Lipinski definition) is 4. The number of anilines is 2. The molecule has 3 heterocycles. The van der Waals surface area contributed by atoms with Gasteiger partial charge < -0.3 is 15.5 Å².